The quantitative estimate of drug-likeness (QED) is 0.323. The number of carboxylic acids is 1. The standard InChI is InChI=1S/C6H9BO9.C2H4O3.Li/c8-1-4(11)14-7(15-5(12)2-9)16-6(13)3-10;3-1-2(4)5;/h8-10H,1-3H2;3H,1H2,(H,4,5);/q;;+1/p-1. The summed E-state index contributed by atoms with van der Waals surface area (Å²) in [5.74, 6) is -5.10. The number of hydrogen-bond acceptors (Lipinski definition) is 12. The molecule has 0 aliphatic rings. The topological polar surface area (TPSA) is 200 Å². The molecule has 0 amide bonds. The van der Waals surface area contributed by atoms with Crippen LogP contribution in [0.1, 0.15) is 0 Å². The fraction of sp³-hybridized carbons (Fsp3) is 0.500. The number of carboxylic acid groups (broad SMARTS) is 1. The van der Waals surface area contributed by atoms with Gasteiger partial charge in [-0.05, 0) is 0 Å². The molecule has 14 heteroatoms. The van der Waals surface area contributed by atoms with E-state index in [9.17, 15) is 14.4 Å². The van der Waals surface area contributed by atoms with Gasteiger partial charge in [0, 0.05) is 0 Å². The van der Waals surface area contributed by atoms with Crippen molar-refractivity contribution in [1.82, 2.24) is 0 Å². The summed E-state index contributed by atoms with van der Waals surface area (Å²) in [5, 5.41) is 41.4. The molecule has 0 fully saturated rings. The molecule has 0 aliphatic heterocycles. The van der Waals surface area contributed by atoms with Crippen molar-refractivity contribution in [3.05, 3.63) is 0 Å². The fourth-order valence-corrected chi connectivity index (χ4v) is 0.506. The zero-order valence-corrected chi connectivity index (χ0v) is 11.5. The minimum atomic E-state index is -2.06. The van der Waals surface area contributed by atoms with E-state index in [1.165, 1.54) is 0 Å². The third kappa shape index (κ3) is 16.4. The first-order valence-electron chi connectivity index (χ1n) is 5.02. The Labute approximate surface area is 135 Å². The Morgan fingerprint density at radius 2 is 0.955 bits per heavy atom. The molecule has 0 aromatic carbocycles. The van der Waals surface area contributed by atoms with Crippen LogP contribution in [0.5, 0.6) is 0 Å². The summed E-state index contributed by atoms with van der Waals surface area (Å²) < 4.78 is 12.4. The molecule has 4 N–H and O–H groups in total. The largest absolute Gasteiger partial charge is 1.00 e. The maximum atomic E-state index is 10.6. The summed E-state index contributed by atoms with van der Waals surface area (Å²) in [4.78, 5) is 40.8. The first-order valence-corrected chi connectivity index (χ1v) is 5.02. The first-order chi connectivity index (χ1) is 9.80. The summed E-state index contributed by atoms with van der Waals surface area (Å²) in [6.07, 6.45) is 0. The predicted molar refractivity (Wildman–Crippen MR) is 57.4 cm³/mol. The number of carbonyl (C=O) groups is 4. The Bertz CT molecular complexity index is 318. The number of rotatable bonds is 7. The van der Waals surface area contributed by atoms with Crippen LogP contribution < -0.4 is 24.0 Å². The average Bonchev–Trinajstić information content (AvgIpc) is 2.46. The van der Waals surface area contributed by atoms with Crippen molar-refractivity contribution >= 4 is 31.2 Å². The molecule has 0 aromatic heterocycles. The molecule has 0 bridgehead atoms. The first kappa shape index (κ1) is 25.3. The van der Waals surface area contributed by atoms with E-state index >= 15 is 0 Å². The summed E-state index contributed by atoms with van der Waals surface area (Å²) >= 11 is 0. The van der Waals surface area contributed by atoms with E-state index in [2.05, 4.69) is 14.0 Å². The van der Waals surface area contributed by atoms with Gasteiger partial charge in [0.05, 0.1) is 12.6 Å². The molecule has 0 saturated heterocycles. The Hall–Kier alpha value is -1.62. The number of carbonyl (C=O) groups excluding carboxylic acids is 4. The van der Waals surface area contributed by atoms with Gasteiger partial charge in [0.25, 0.3) is 0 Å². The van der Waals surface area contributed by atoms with E-state index in [0.29, 0.717) is 0 Å². The van der Waals surface area contributed by atoms with Crippen LogP contribution in [0.15, 0.2) is 0 Å². The van der Waals surface area contributed by atoms with Gasteiger partial charge in [-0.3, -0.25) is 14.4 Å². The summed E-state index contributed by atoms with van der Waals surface area (Å²) in [7, 11) is -2.06. The van der Waals surface area contributed by atoms with Crippen molar-refractivity contribution in [1.29, 1.82) is 0 Å². The Morgan fingerprint density at radius 1 is 0.727 bits per heavy atom. The van der Waals surface area contributed by atoms with Gasteiger partial charge in [-0.2, -0.15) is 0 Å². The summed E-state index contributed by atoms with van der Waals surface area (Å²) in [6, 6.07) is 0. The van der Waals surface area contributed by atoms with Gasteiger partial charge >= 0.3 is 44.1 Å². The average molecular weight is 318 g/mol. The molecule has 120 valence electrons. The molecular weight excluding hydrogens is 306 g/mol. The third-order valence-corrected chi connectivity index (χ3v) is 1.20. The van der Waals surface area contributed by atoms with Crippen LogP contribution in [0.3, 0.4) is 0 Å². The maximum Gasteiger partial charge on any atom is 1.00 e. The normalized spacial score (nSPS) is 8.36. The van der Waals surface area contributed by atoms with Gasteiger partial charge in [-0.15, -0.1) is 0 Å². The van der Waals surface area contributed by atoms with Crippen LogP contribution in [-0.4, -0.2) is 78.1 Å². The third-order valence-electron chi connectivity index (χ3n) is 1.20. The molecule has 0 radical (unpaired) electrons. The molecule has 0 heterocycles. The van der Waals surface area contributed by atoms with Crippen LogP contribution in [-0.2, 0) is 33.1 Å². The second-order valence-electron chi connectivity index (χ2n) is 2.76. The van der Waals surface area contributed by atoms with E-state index in [1.807, 2.05) is 0 Å². The molecule has 22 heavy (non-hydrogen) atoms. The molecule has 0 unspecified atom stereocenters. The SMILES string of the molecule is O=C(CO)OB(OC(=O)CO)OC(=O)CO.O=C([O-])CO.[Li+]. The van der Waals surface area contributed by atoms with Gasteiger partial charge in [0.2, 0.25) is 0 Å². The molecule has 0 aromatic rings. The number of hydrogen-bond donors (Lipinski definition) is 4. The molecule has 0 atom stereocenters. The minimum absolute atomic E-state index is 0. The van der Waals surface area contributed by atoms with Crippen LogP contribution >= 0.6 is 0 Å². The van der Waals surface area contributed by atoms with Crippen molar-refractivity contribution in [3.8, 4) is 0 Å². The number of aliphatic hydroxyl groups is 4. The van der Waals surface area contributed by atoms with Crippen molar-refractivity contribution < 1.29 is 77.5 Å². The van der Waals surface area contributed by atoms with Crippen LogP contribution in [0, 0.1) is 0 Å². The van der Waals surface area contributed by atoms with Gasteiger partial charge in [0.1, 0.15) is 19.8 Å². The number of aliphatic carboxylic acids is 1. The van der Waals surface area contributed by atoms with Gasteiger partial charge in [-0.1, -0.05) is 0 Å². The molecular formula is C8H12BLiO12. The zero-order valence-electron chi connectivity index (χ0n) is 11.5. The molecule has 0 aliphatic carbocycles. The Kier molecular flexibility index (Phi) is 18.2. The summed E-state index contributed by atoms with van der Waals surface area (Å²) in [6.45, 7) is -3.96. The fourth-order valence-electron chi connectivity index (χ4n) is 0.506. The van der Waals surface area contributed by atoms with Crippen molar-refractivity contribution in [2.24, 2.45) is 0 Å². The molecule has 0 saturated carbocycles. The van der Waals surface area contributed by atoms with Gasteiger partial charge in [-0.25, -0.2) is 0 Å². The van der Waals surface area contributed by atoms with E-state index in [0.717, 1.165) is 0 Å². The Balaban J connectivity index is -0.000000520. The van der Waals surface area contributed by atoms with Gasteiger partial charge in [0.15, 0.2) is 0 Å². The molecule has 0 spiro atoms. The molecule has 0 rings (SSSR count). The second-order valence-corrected chi connectivity index (χ2v) is 2.76. The number of aliphatic hydroxyl groups excluding tert-OH is 4. The van der Waals surface area contributed by atoms with E-state index in [1.54, 1.807) is 0 Å². The van der Waals surface area contributed by atoms with Crippen molar-refractivity contribution in [2.45, 2.75) is 0 Å². The van der Waals surface area contributed by atoms with Crippen molar-refractivity contribution in [2.75, 3.05) is 26.4 Å². The predicted octanol–water partition coefficient (Wildman–Crippen LogP) is -8.69. The van der Waals surface area contributed by atoms with Gasteiger partial charge < -0.3 is 44.3 Å². The maximum absolute atomic E-state index is 10.6. The smallest absolute Gasteiger partial charge is 0.548 e. The van der Waals surface area contributed by atoms with E-state index < -0.39 is 57.6 Å². The second kappa shape index (κ2) is 15.8. The van der Waals surface area contributed by atoms with Crippen LogP contribution in [0.4, 0.5) is 0 Å². The van der Waals surface area contributed by atoms with Crippen LogP contribution in [0.2, 0.25) is 0 Å². The molecule has 12 nitrogen and oxygen atoms in total. The zero-order chi connectivity index (χ0) is 16.8. The monoisotopic (exact) mass is 318 g/mol. The van der Waals surface area contributed by atoms with Crippen LogP contribution in [0.25, 0.3) is 0 Å². The Morgan fingerprint density at radius 3 is 1.09 bits per heavy atom. The van der Waals surface area contributed by atoms with Crippen molar-refractivity contribution in [3.63, 3.8) is 0 Å². The van der Waals surface area contributed by atoms with E-state index in [-0.39, 0.29) is 18.9 Å². The summed E-state index contributed by atoms with van der Waals surface area (Å²) in [5.41, 5.74) is 0. The van der Waals surface area contributed by atoms with E-state index in [4.69, 9.17) is 30.3 Å². The minimum Gasteiger partial charge on any atom is -0.548 e.